The van der Waals surface area contributed by atoms with Crippen molar-refractivity contribution in [2.75, 3.05) is 6.54 Å². The van der Waals surface area contributed by atoms with Crippen molar-refractivity contribution in [1.29, 1.82) is 0 Å². The number of carbonyl (C=O) groups is 1. The molecule has 1 aliphatic carbocycles. The second-order valence-electron chi connectivity index (χ2n) is 6.48. The van der Waals surface area contributed by atoms with Gasteiger partial charge in [0.2, 0.25) is 5.91 Å². The molecule has 1 saturated heterocycles. The van der Waals surface area contributed by atoms with Gasteiger partial charge >= 0.3 is 0 Å². The number of hydrogen-bond acceptors (Lipinski definition) is 2. The minimum Gasteiger partial charge on any atom is -0.326 e. The van der Waals surface area contributed by atoms with E-state index in [1.807, 2.05) is 18.2 Å². The molecule has 21 heavy (non-hydrogen) atoms. The molecule has 3 rings (SSSR count). The lowest BCUT2D eigenvalue weighted by Gasteiger charge is -2.23. The van der Waals surface area contributed by atoms with Gasteiger partial charge in [0.25, 0.3) is 0 Å². The average molecular weight is 286 g/mol. The van der Waals surface area contributed by atoms with Gasteiger partial charge in [-0.1, -0.05) is 56.5 Å². The van der Waals surface area contributed by atoms with Crippen LogP contribution in [0.3, 0.4) is 0 Å². The maximum atomic E-state index is 12.7. The van der Waals surface area contributed by atoms with Gasteiger partial charge in [-0.25, -0.2) is 0 Å². The zero-order valence-corrected chi connectivity index (χ0v) is 12.9. The fraction of sp³-hybridized carbons (Fsp3) is 0.611. The number of nitrogens with one attached hydrogen (secondary N) is 1. The largest absolute Gasteiger partial charge is 0.326 e. The van der Waals surface area contributed by atoms with Crippen LogP contribution < -0.4 is 5.32 Å². The Labute approximate surface area is 127 Å². The highest BCUT2D eigenvalue weighted by Gasteiger charge is 2.38. The molecule has 2 unspecified atom stereocenters. The van der Waals surface area contributed by atoms with Crippen molar-refractivity contribution < 1.29 is 4.79 Å². The van der Waals surface area contributed by atoms with Crippen molar-refractivity contribution in [3.05, 3.63) is 35.9 Å². The molecular formula is C18H26N2O. The molecule has 0 bridgehead atoms. The van der Waals surface area contributed by atoms with Crippen molar-refractivity contribution in [3.63, 3.8) is 0 Å². The van der Waals surface area contributed by atoms with E-state index < -0.39 is 0 Å². The first-order valence-electron chi connectivity index (χ1n) is 8.38. The van der Waals surface area contributed by atoms with Gasteiger partial charge in [-0.2, -0.15) is 0 Å². The number of amides is 1. The van der Waals surface area contributed by atoms with E-state index in [2.05, 4.69) is 29.3 Å². The van der Waals surface area contributed by atoms with E-state index in [-0.39, 0.29) is 12.2 Å². The number of rotatable bonds is 7. The minimum absolute atomic E-state index is 0.0387. The van der Waals surface area contributed by atoms with Gasteiger partial charge < -0.3 is 4.90 Å². The van der Waals surface area contributed by atoms with E-state index in [0.29, 0.717) is 5.91 Å². The Hall–Kier alpha value is -1.35. The zero-order valence-electron chi connectivity index (χ0n) is 12.9. The maximum Gasteiger partial charge on any atom is 0.241 e. The second kappa shape index (κ2) is 6.61. The number of carbonyl (C=O) groups excluding carboxylic acids is 1. The van der Waals surface area contributed by atoms with Crippen LogP contribution in [0.25, 0.3) is 0 Å². The molecule has 1 aromatic carbocycles. The minimum atomic E-state index is -0.0387. The first-order valence-corrected chi connectivity index (χ1v) is 8.38. The second-order valence-corrected chi connectivity index (χ2v) is 6.48. The van der Waals surface area contributed by atoms with Gasteiger partial charge in [0.15, 0.2) is 0 Å². The molecule has 0 spiro atoms. The van der Waals surface area contributed by atoms with E-state index >= 15 is 0 Å². The van der Waals surface area contributed by atoms with E-state index in [1.54, 1.807) is 0 Å². The summed E-state index contributed by atoms with van der Waals surface area (Å²) in [5.41, 5.74) is 1.24. The molecule has 1 aliphatic heterocycles. The van der Waals surface area contributed by atoms with Crippen LogP contribution in [-0.2, 0) is 11.2 Å². The third-order valence-corrected chi connectivity index (χ3v) is 4.67. The van der Waals surface area contributed by atoms with Gasteiger partial charge in [-0.15, -0.1) is 0 Å². The Morgan fingerprint density at radius 1 is 1.19 bits per heavy atom. The smallest absolute Gasteiger partial charge is 0.241 e. The summed E-state index contributed by atoms with van der Waals surface area (Å²) >= 11 is 0. The third kappa shape index (κ3) is 3.65. The number of nitrogens with zero attached hydrogens (tertiary/aromatic N) is 1. The van der Waals surface area contributed by atoms with E-state index in [0.717, 1.165) is 31.7 Å². The lowest BCUT2D eigenvalue weighted by molar-refractivity contribution is -0.130. The fourth-order valence-corrected chi connectivity index (χ4v) is 3.25. The molecule has 0 aromatic heterocycles. The van der Waals surface area contributed by atoms with Crippen LogP contribution in [0.5, 0.6) is 0 Å². The Kier molecular flexibility index (Phi) is 4.59. The van der Waals surface area contributed by atoms with E-state index in [4.69, 9.17) is 0 Å². The highest BCUT2D eigenvalue weighted by atomic mass is 16.2. The molecule has 2 fully saturated rings. The van der Waals surface area contributed by atoms with Crippen molar-refractivity contribution >= 4 is 5.91 Å². The summed E-state index contributed by atoms with van der Waals surface area (Å²) in [7, 11) is 0. The fourth-order valence-electron chi connectivity index (χ4n) is 3.25. The Morgan fingerprint density at radius 3 is 2.62 bits per heavy atom. The molecule has 1 N–H and O–H groups in total. The third-order valence-electron chi connectivity index (χ3n) is 4.67. The first-order chi connectivity index (χ1) is 10.3. The lowest BCUT2D eigenvalue weighted by Crippen LogP contribution is -2.38. The van der Waals surface area contributed by atoms with Gasteiger partial charge in [0.1, 0.15) is 0 Å². The SMILES string of the molecule is CCCC1NC(Cc2ccccc2)C(=O)N1CCC1CC1. The van der Waals surface area contributed by atoms with Gasteiger partial charge in [0.05, 0.1) is 12.2 Å². The molecular weight excluding hydrogens is 260 g/mol. The molecule has 3 heteroatoms. The monoisotopic (exact) mass is 286 g/mol. The summed E-state index contributed by atoms with van der Waals surface area (Å²) in [6, 6.07) is 10.3. The summed E-state index contributed by atoms with van der Waals surface area (Å²) in [4.78, 5) is 14.8. The molecule has 114 valence electrons. The molecule has 3 nitrogen and oxygen atoms in total. The quantitative estimate of drug-likeness (QED) is 0.836. The summed E-state index contributed by atoms with van der Waals surface area (Å²) < 4.78 is 0. The van der Waals surface area contributed by atoms with Crippen LogP contribution in [-0.4, -0.2) is 29.6 Å². The van der Waals surface area contributed by atoms with Crippen LogP contribution in [0.15, 0.2) is 30.3 Å². The zero-order chi connectivity index (χ0) is 14.7. The van der Waals surface area contributed by atoms with Crippen LogP contribution in [0.4, 0.5) is 0 Å². The standard InChI is InChI=1S/C18H26N2O/c1-2-6-17-19-16(13-15-7-4-3-5-8-15)18(21)20(17)12-11-14-9-10-14/h3-5,7-8,14,16-17,19H,2,6,9-13H2,1H3. The van der Waals surface area contributed by atoms with Crippen molar-refractivity contribution in [2.24, 2.45) is 5.92 Å². The van der Waals surface area contributed by atoms with Crippen LogP contribution >= 0.6 is 0 Å². The predicted molar refractivity (Wildman–Crippen MR) is 84.8 cm³/mol. The van der Waals surface area contributed by atoms with Gasteiger partial charge in [0, 0.05) is 6.54 Å². The van der Waals surface area contributed by atoms with Crippen LogP contribution in [0, 0.1) is 5.92 Å². The van der Waals surface area contributed by atoms with Crippen molar-refractivity contribution in [1.82, 2.24) is 10.2 Å². The summed E-state index contributed by atoms with van der Waals surface area (Å²) in [6.45, 7) is 3.13. The molecule has 2 aliphatic rings. The predicted octanol–water partition coefficient (Wildman–Crippen LogP) is 2.96. The molecule has 2 atom stereocenters. The average Bonchev–Trinajstić information content (AvgIpc) is 3.27. The highest BCUT2D eigenvalue weighted by molar-refractivity contribution is 5.84. The molecule has 0 radical (unpaired) electrons. The number of hydrogen-bond donors (Lipinski definition) is 1. The first kappa shape index (κ1) is 14.6. The lowest BCUT2D eigenvalue weighted by atomic mass is 10.1. The topological polar surface area (TPSA) is 32.3 Å². The normalized spacial score (nSPS) is 25.6. The van der Waals surface area contributed by atoms with Crippen molar-refractivity contribution in [3.8, 4) is 0 Å². The van der Waals surface area contributed by atoms with Crippen LogP contribution in [0.1, 0.15) is 44.6 Å². The molecule has 1 amide bonds. The maximum absolute atomic E-state index is 12.7. The number of benzene rings is 1. The Morgan fingerprint density at radius 2 is 1.95 bits per heavy atom. The highest BCUT2D eigenvalue weighted by Crippen LogP contribution is 2.33. The Balaban J connectivity index is 1.63. The van der Waals surface area contributed by atoms with Crippen LogP contribution in [0.2, 0.25) is 0 Å². The van der Waals surface area contributed by atoms with E-state index in [9.17, 15) is 4.79 Å². The molecule has 1 saturated carbocycles. The summed E-state index contributed by atoms with van der Waals surface area (Å²) in [5, 5.41) is 3.56. The summed E-state index contributed by atoms with van der Waals surface area (Å²) in [5.74, 6) is 1.19. The molecule has 1 aromatic rings. The molecule has 1 heterocycles. The summed E-state index contributed by atoms with van der Waals surface area (Å²) in [6.07, 6.45) is 7.13. The van der Waals surface area contributed by atoms with E-state index in [1.165, 1.54) is 24.8 Å². The Bertz CT molecular complexity index is 469. The van der Waals surface area contributed by atoms with Gasteiger partial charge in [-0.3, -0.25) is 10.1 Å². The van der Waals surface area contributed by atoms with Crippen molar-refractivity contribution in [2.45, 2.75) is 57.7 Å². The van der Waals surface area contributed by atoms with Gasteiger partial charge in [-0.05, 0) is 30.7 Å².